The Labute approximate surface area is 92.5 Å². The van der Waals surface area contributed by atoms with Gasteiger partial charge in [-0.05, 0) is 18.2 Å². The van der Waals surface area contributed by atoms with Crippen molar-refractivity contribution in [2.45, 2.75) is 0 Å². The highest BCUT2D eigenvalue weighted by molar-refractivity contribution is 5.49. The van der Waals surface area contributed by atoms with E-state index >= 15 is 0 Å². The van der Waals surface area contributed by atoms with Gasteiger partial charge in [0.2, 0.25) is 0 Å². The third-order valence-electron chi connectivity index (χ3n) is 1.96. The van der Waals surface area contributed by atoms with E-state index in [0.29, 0.717) is 16.9 Å². The zero-order valence-electron chi connectivity index (χ0n) is 8.21. The summed E-state index contributed by atoms with van der Waals surface area (Å²) in [6, 6.07) is 13.1. The van der Waals surface area contributed by atoms with Crippen molar-refractivity contribution in [1.29, 1.82) is 10.5 Å². The minimum Gasteiger partial charge on any atom is -0.376 e. The van der Waals surface area contributed by atoms with E-state index in [0.717, 1.165) is 0 Å². The molecule has 4 nitrogen and oxygen atoms in total. The van der Waals surface area contributed by atoms with Crippen LogP contribution in [0.25, 0.3) is 0 Å². The summed E-state index contributed by atoms with van der Waals surface area (Å²) in [5, 5.41) is 17.6. The van der Waals surface area contributed by atoms with Crippen molar-refractivity contribution in [2.24, 2.45) is 0 Å². The van der Waals surface area contributed by atoms with Crippen LogP contribution in [0.1, 0.15) is 11.1 Å². The van der Waals surface area contributed by atoms with Crippen LogP contribution >= 0.6 is 0 Å². The third-order valence-corrected chi connectivity index (χ3v) is 1.96. The normalized spacial score (nSPS) is 9.12. The van der Waals surface area contributed by atoms with E-state index < -0.39 is 0 Å². The van der Waals surface area contributed by atoms with Crippen LogP contribution in [-0.4, -0.2) is 4.73 Å². The topological polar surface area (TPSA) is 61.7 Å². The minimum atomic E-state index is 0.302. The zero-order chi connectivity index (χ0) is 11.4. The third kappa shape index (κ3) is 1.87. The van der Waals surface area contributed by atoms with Gasteiger partial charge in [0, 0.05) is 18.3 Å². The molecule has 2 rings (SSSR count). The van der Waals surface area contributed by atoms with Gasteiger partial charge in [-0.15, -0.1) is 0 Å². The SMILES string of the molecule is N#Cc1ccc(On2c[c]cc2)cc1C#N. The summed E-state index contributed by atoms with van der Waals surface area (Å²) in [5.74, 6) is 0.500. The number of benzene rings is 1. The van der Waals surface area contributed by atoms with Gasteiger partial charge in [-0.2, -0.15) is 15.3 Å². The van der Waals surface area contributed by atoms with Gasteiger partial charge in [0.1, 0.15) is 12.1 Å². The van der Waals surface area contributed by atoms with Crippen molar-refractivity contribution in [3.05, 3.63) is 53.9 Å². The van der Waals surface area contributed by atoms with Crippen LogP contribution in [0.3, 0.4) is 0 Å². The van der Waals surface area contributed by atoms with Crippen molar-refractivity contribution in [1.82, 2.24) is 4.73 Å². The van der Waals surface area contributed by atoms with Gasteiger partial charge in [0.05, 0.1) is 17.3 Å². The Morgan fingerprint density at radius 1 is 1.19 bits per heavy atom. The second-order valence-corrected chi connectivity index (χ2v) is 2.99. The summed E-state index contributed by atoms with van der Waals surface area (Å²) in [6.07, 6.45) is 3.30. The van der Waals surface area contributed by atoms with E-state index in [1.807, 2.05) is 12.1 Å². The molecule has 0 aliphatic carbocycles. The molecule has 0 atom stereocenters. The highest BCUT2D eigenvalue weighted by Gasteiger charge is 2.04. The van der Waals surface area contributed by atoms with Crippen LogP contribution in [0, 0.1) is 28.7 Å². The van der Waals surface area contributed by atoms with Crippen LogP contribution in [-0.2, 0) is 0 Å². The minimum absolute atomic E-state index is 0.302. The molecule has 0 aliphatic rings. The van der Waals surface area contributed by atoms with E-state index in [4.69, 9.17) is 15.4 Å². The van der Waals surface area contributed by atoms with Crippen molar-refractivity contribution >= 4 is 0 Å². The largest absolute Gasteiger partial charge is 0.376 e. The first-order valence-electron chi connectivity index (χ1n) is 4.50. The maximum absolute atomic E-state index is 8.83. The van der Waals surface area contributed by atoms with Crippen LogP contribution < -0.4 is 4.84 Å². The van der Waals surface area contributed by atoms with Gasteiger partial charge >= 0.3 is 0 Å². The quantitative estimate of drug-likeness (QED) is 0.756. The first-order valence-corrected chi connectivity index (χ1v) is 4.50. The van der Waals surface area contributed by atoms with Crippen molar-refractivity contribution < 1.29 is 4.84 Å². The molecule has 0 unspecified atom stereocenters. The summed E-state index contributed by atoms with van der Waals surface area (Å²) in [4.78, 5) is 5.39. The van der Waals surface area contributed by atoms with E-state index in [1.165, 1.54) is 10.8 Å². The maximum Gasteiger partial charge on any atom is 0.157 e. The van der Waals surface area contributed by atoms with Crippen LogP contribution in [0.5, 0.6) is 5.75 Å². The summed E-state index contributed by atoms with van der Waals surface area (Å²) < 4.78 is 1.46. The first-order chi connectivity index (χ1) is 7.83. The predicted octanol–water partition coefficient (Wildman–Crippen LogP) is 1.87. The Bertz CT molecular complexity index is 573. The molecule has 16 heavy (non-hydrogen) atoms. The Hall–Kier alpha value is -2.72. The number of rotatable bonds is 2. The van der Waals surface area contributed by atoms with Gasteiger partial charge in [-0.1, -0.05) is 0 Å². The molecule has 0 fully saturated rings. The van der Waals surface area contributed by atoms with E-state index in [9.17, 15) is 0 Å². The summed E-state index contributed by atoms with van der Waals surface area (Å²) in [7, 11) is 0. The maximum atomic E-state index is 8.83. The van der Waals surface area contributed by atoms with Gasteiger partial charge in [0.25, 0.3) is 0 Å². The molecule has 1 aromatic carbocycles. The van der Waals surface area contributed by atoms with Crippen LogP contribution in [0.2, 0.25) is 0 Å². The lowest BCUT2D eigenvalue weighted by atomic mass is 10.1. The Balaban J connectivity index is 2.31. The molecule has 0 saturated heterocycles. The number of hydrogen-bond donors (Lipinski definition) is 0. The van der Waals surface area contributed by atoms with Gasteiger partial charge in [-0.25, -0.2) is 0 Å². The lowest BCUT2D eigenvalue weighted by Crippen LogP contribution is -2.01. The molecule has 0 saturated carbocycles. The van der Waals surface area contributed by atoms with Crippen molar-refractivity contribution in [3.63, 3.8) is 0 Å². The molecule has 0 amide bonds. The highest BCUT2D eigenvalue weighted by atomic mass is 16.7. The molecule has 0 aliphatic heterocycles. The average Bonchev–Trinajstić information content (AvgIpc) is 2.81. The monoisotopic (exact) mass is 208 g/mol. The lowest BCUT2D eigenvalue weighted by molar-refractivity contribution is 0.217. The predicted molar refractivity (Wildman–Crippen MR) is 55.2 cm³/mol. The number of aromatic nitrogens is 1. The van der Waals surface area contributed by atoms with Crippen molar-refractivity contribution in [3.8, 4) is 17.9 Å². The molecule has 1 aromatic heterocycles. The number of nitriles is 2. The zero-order valence-corrected chi connectivity index (χ0v) is 8.21. The molecule has 0 N–H and O–H groups in total. The van der Waals surface area contributed by atoms with Gasteiger partial charge in [-0.3, -0.25) is 0 Å². The van der Waals surface area contributed by atoms with Crippen LogP contribution in [0.15, 0.2) is 36.7 Å². The van der Waals surface area contributed by atoms with Gasteiger partial charge in [0.15, 0.2) is 5.75 Å². The number of hydrogen-bond acceptors (Lipinski definition) is 3. The van der Waals surface area contributed by atoms with Gasteiger partial charge < -0.3 is 4.84 Å². The average molecular weight is 208 g/mol. The number of nitrogens with zero attached hydrogens (tertiary/aromatic N) is 3. The molecule has 2 aromatic rings. The molecule has 0 spiro atoms. The molecule has 4 heteroatoms. The molecular formula is C12H6N3O. The standard InChI is InChI=1S/C12H6N3O/c13-8-10-3-4-12(7-11(10)9-14)16-15-5-1-2-6-15/h1,3-7H. The Morgan fingerprint density at radius 3 is 2.62 bits per heavy atom. The summed E-state index contributed by atoms with van der Waals surface area (Å²) in [5.41, 5.74) is 0.644. The Kier molecular flexibility index (Phi) is 2.58. The second kappa shape index (κ2) is 4.20. The van der Waals surface area contributed by atoms with E-state index in [1.54, 1.807) is 30.6 Å². The van der Waals surface area contributed by atoms with E-state index in [2.05, 4.69) is 6.07 Å². The fourth-order valence-corrected chi connectivity index (χ4v) is 1.22. The molecule has 1 radical (unpaired) electrons. The summed E-state index contributed by atoms with van der Waals surface area (Å²) >= 11 is 0. The molecular weight excluding hydrogens is 202 g/mol. The smallest absolute Gasteiger partial charge is 0.157 e. The van der Waals surface area contributed by atoms with Crippen molar-refractivity contribution in [2.75, 3.05) is 0 Å². The summed E-state index contributed by atoms with van der Waals surface area (Å²) in [6.45, 7) is 0. The van der Waals surface area contributed by atoms with Crippen LogP contribution in [0.4, 0.5) is 0 Å². The lowest BCUT2D eigenvalue weighted by Gasteiger charge is -2.05. The second-order valence-electron chi connectivity index (χ2n) is 2.99. The first kappa shape index (κ1) is 9.82. The highest BCUT2D eigenvalue weighted by Crippen LogP contribution is 2.17. The molecule has 1 heterocycles. The fraction of sp³-hybridized carbons (Fsp3) is 0. The molecule has 75 valence electrons. The van der Waals surface area contributed by atoms with E-state index in [-0.39, 0.29) is 0 Å². The fourth-order valence-electron chi connectivity index (χ4n) is 1.22. The molecule has 0 bridgehead atoms. The Morgan fingerprint density at radius 2 is 2.00 bits per heavy atom.